The van der Waals surface area contributed by atoms with Gasteiger partial charge in [0.15, 0.2) is 5.82 Å². The van der Waals surface area contributed by atoms with E-state index in [0.29, 0.717) is 15.8 Å². The normalized spacial score (nSPS) is 10.1. The summed E-state index contributed by atoms with van der Waals surface area (Å²) in [4.78, 5) is 6.49. The Labute approximate surface area is 116 Å². The third kappa shape index (κ3) is 2.44. The first-order valence-electron chi connectivity index (χ1n) is 5.34. The number of pyridine rings is 1. The van der Waals surface area contributed by atoms with Crippen LogP contribution in [0, 0.1) is 0 Å². The second-order valence-electron chi connectivity index (χ2n) is 3.75. The van der Waals surface area contributed by atoms with Crippen LogP contribution in [0.15, 0.2) is 42.6 Å². The summed E-state index contributed by atoms with van der Waals surface area (Å²) in [5, 5.41) is 0.581. The number of nitrogens with two attached hydrogens (primary N) is 1. The highest BCUT2D eigenvalue weighted by Gasteiger charge is 2.13. The summed E-state index contributed by atoms with van der Waals surface area (Å²) < 4.78 is 0. The van der Waals surface area contributed by atoms with Gasteiger partial charge in [0.1, 0.15) is 4.99 Å². The number of halogens is 1. The predicted octanol–water partition coefficient (Wildman–Crippen LogP) is 3.14. The number of benzene rings is 1. The molecule has 0 amide bonds. The van der Waals surface area contributed by atoms with Gasteiger partial charge in [-0.1, -0.05) is 36.0 Å². The average molecular weight is 278 g/mol. The largest absolute Gasteiger partial charge is 0.389 e. The van der Waals surface area contributed by atoms with E-state index >= 15 is 0 Å². The average Bonchev–Trinajstić information content (AvgIpc) is 2.38. The summed E-state index contributed by atoms with van der Waals surface area (Å²) in [6.07, 6.45) is 1.70. The molecule has 0 aliphatic rings. The lowest BCUT2D eigenvalue weighted by Crippen LogP contribution is -2.18. The molecule has 0 atom stereocenters. The van der Waals surface area contributed by atoms with Crippen molar-refractivity contribution in [3.8, 4) is 0 Å². The van der Waals surface area contributed by atoms with Gasteiger partial charge in [0.2, 0.25) is 0 Å². The topological polar surface area (TPSA) is 42.1 Å². The molecular formula is C13H12ClN3S. The molecule has 0 bridgehead atoms. The van der Waals surface area contributed by atoms with Crippen LogP contribution in [-0.2, 0) is 0 Å². The molecule has 1 aromatic carbocycles. The van der Waals surface area contributed by atoms with E-state index < -0.39 is 0 Å². The molecule has 2 rings (SSSR count). The molecule has 0 aliphatic carbocycles. The minimum Gasteiger partial charge on any atom is -0.389 e. The number of hydrogen-bond donors (Lipinski definition) is 1. The Morgan fingerprint density at radius 2 is 2.00 bits per heavy atom. The molecule has 18 heavy (non-hydrogen) atoms. The Morgan fingerprint density at radius 3 is 2.67 bits per heavy atom. The van der Waals surface area contributed by atoms with Crippen LogP contribution in [0.25, 0.3) is 0 Å². The molecule has 2 aromatic rings. The molecule has 2 N–H and O–H groups in total. The zero-order valence-corrected chi connectivity index (χ0v) is 11.4. The first kappa shape index (κ1) is 12.8. The minimum absolute atomic E-state index is 0.351. The van der Waals surface area contributed by atoms with Crippen molar-refractivity contribution in [1.82, 2.24) is 4.98 Å². The highest BCUT2D eigenvalue weighted by atomic mass is 35.5. The van der Waals surface area contributed by atoms with E-state index in [4.69, 9.17) is 29.6 Å². The fourth-order valence-electron chi connectivity index (χ4n) is 1.71. The van der Waals surface area contributed by atoms with Gasteiger partial charge in [-0.15, -0.1) is 0 Å². The lowest BCUT2D eigenvalue weighted by Gasteiger charge is -2.21. The van der Waals surface area contributed by atoms with Gasteiger partial charge in [-0.05, 0) is 24.3 Å². The van der Waals surface area contributed by atoms with Gasteiger partial charge in [0.25, 0.3) is 0 Å². The van der Waals surface area contributed by atoms with Crippen molar-refractivity contribution < 1.29 is 0 Å². The van der Waals surface area contributed by atoms with Crippen LogP contribution >= 0.6 is 23.8 Å². The molecule has 0 aliphatic heterocycles. The highest BCUT2D eigenvalue weighted by Crippen LogP contribution is 2.30. The van der Waals surface area contributed by atoms with Gasteiger partial charge in [-0.2, -0.15) is 0 Å². The van der Waals surface area contributed by atoms with E-state index in [0.717, 1.165) is 11.3 Å². The van der Waals surface area contributed by atoms with Gasteiger partial charge in [-0.25, -0.2) is 4.98 Å². The van der Waals surface area contributed by atoms with Crippen LogP contribution < -0.4 is 10.6 Å². The summed E-state index contributed by atoms with van der Waals surface area (Å²) in [5.41, 5.74) is 7.40. The molecule has 5 heteroatoms. The summed E-state index contributed by atoms with van der Waals surface area (Å²) in [7, 11) is 1.88. The molecule has 1 heterocycles. The van der Waals surface area contributed by atoms with Gasteiger partial charge in [0.05, 0.1) is 10.7 Å². The van der Waals surface area contributed by atoms with E-state index in [2.05, 4.69) is 4.98 Å². The molecule has 0 spiro atoms. The van der Waals surface area contributed by atoms with E-state index in [1.165, 1.54) is 0 Å². The highest BCUT2D eigenvalue weighted by molar-refractivity contribution is 7.80. The van der Waals surface area contributed by atoms with Crippen molar-refractivity contribution in [3.05, 3.63) is 53.2 Å². The van der Waals surface area contributed by atoms with Crippen molar-refractivity contribution in [2.24, 2.45) is 5.73 Å². The Morgan fingerprint density at radius 1 is 1.28 bits per heavy atom. The quantitative estimate of drug-likeness (QED) is 0.875. The third-order valence-electron chi connectivity index (χ3n) is 2.59. The number of thiocarbonyl (C=S) groups is 1. The van der Waals surface area contributed by atoms with Gasteiger partial charge < -0.3 is 10.6 Å². The first-order valence-corrected chi connectivity index (χ1v) is 6.13. The fraction of sp³-hybridized carbons (Fsp3) is 0.0769. The summed E-state index contributed by atoms with van der Waals surface area (Å²) in [6, 6.07) is 11.2. The van der Waals surface area contributed by atoms with E-state index in [1.807, 2.05) is 36.2 Å². The summed E-state index contributed by atoms with van der Waals surface area (Å²) in [5.74, 6) is 0.669. The number of rotatable bonds is 3. The van der Waals surface area contributed by atoms with Crippen LogP contribution in [0.1, 0.15) is 5.56 Å². The second-order valence-corrected chi connectivity index (χ2v) is 4.60. The molecule has 0 saturated heterocycles. The molecule has 0 saturated carbocycles. The van der Waals surface area contributed by atoms with E-state index in [9.17, 15) is 0 Å². The van der Waals surface area contributed by atoms with Crippen molar-refractivity contribution in [2.45, 2.75) is 0 Å². The maximum absolute atomic E-state index is 6.13. The van der Waals surface area contributed by atoms with Crippen LogP contribution in [0.3, 0.4) is 0 Å². The van der Waals surface area contributed by atoms with Crippen LogP contribution in [-0.4, -0.2) is 17.0 Å². The Kier molecular flexibility index (Phi) is 3.79. The number of anilines is 2. The van der Waals surface area contributed by atoms with Crippen molar-refractivity contribution in [1.29, 1.82) is 0 Å². The molecule has 0 unspecified atom stereocenters. The predicted molar refractivity (Wildman–Crippen MR) is 79.6 cm³/mol. The lowest BCUT2D eigenvalue weighted by atomic mass is 10.1. The maximum Gasteiger partial charge on any atom is 0.151 e. The Balaban J connectivity index is 2.50. The van der Waals surface area contributed by atoms with Crippen molar-refractivity contribution in [3.63, 3.8) is 0 Å². The van der Waals surface area contributed by atoms with E-state index in [1.54, 1.807) is 18.3 Å². The molecule has 0 fully saturated rings. The standard InChI is InChI=1S/C13H12ClN3S/c1-17(13-10(14)6-4-8-16-13)11-7-3-2-5-9(11)12(15)18/h2-8H,1H3,(H2,15,18). The minimum atomic E-state index is 0.351. The smallest absolute Gasteiger partial charge is 0.151 e. The number of hydrogen-bond acceptors (Lipinski definition) is 3. The van der Waals surface area contributed by atoms with Gasteiger partial charge in [-0.3, -0.25) is 0 Å². The molecule has 0 radical (unpaired) electrons. The maximum atomic E-state index is 6.13. The van der Waals surface area contributed by atoms with Gasteiger partial charge in [0, 0.05) is 18.8 Å². The van der Waals surface area contributed by atoms with Crippen LogP contribution in [0.5, 0.6) is 0 Å². The van der Waals surface area contributed by atoms with Crippen molar-refractivity contribution in [2.75, 3.05) is 11.9 Å². The molecule has 92 valence electrons. The number of aromatic nitrogens is 1. The monoisotopic (exact) mass is 277 g/mol. The van der Waals surface area contributed by atoms with Crippen molar-refractivity contribution >= 4 is 40.3 Å². The zero-order valence-electron chi connectivity index (χ0n) is 9.80. The fourth-order valence-corrected chi connectivity index (χ4v) is 2.13. The second kappa shape index (κ2) is 5.33. The van der Waals surface area contributed by atoms with Gasteiger partial charge >= 0.3 is 0 Å². The summed E-state index contributed by atoms with van der Waals surface area (Å²) >= 11 is 11.2. The Bertz CT molecular complexity index is 586. The van der Waals surface area contributed by atoms with Crippen LogP contribution in [0.4, 0.5) is 11.5 Å². The summed E-state index contributed by atoms with van der Waals surface area (Å²) in [6.45, 7) is 0. The number of nitrogens with zero attached hydrogens (tertiary/aromatic N) is 2. The Hall–Kier alpha value is -1.65. The zero-order chi connectivity index (χ0) is 13.1. The molecular weight excluding hydrogens is 266 g/mol. The van der Waals surface area contributed by atoms with E-state index in [-0.39, 0.29) is 0 Å². The lowest BCUT2D eigenvalue weighted by molar-refractivity contribution is 1.12. The number of para-hydroxylation sites is 1. The third-order valence-corrected chi connectivity index (χ3v) is 3.10. The molecule has 3 nitrogen and oxygen atoms in total. The SMILES string of the molecule is CN(c1ccccc1C(N)=S)c1ncccc1Cl. The first-order chi connectivity index (χ1) is 8.61. The van der Waals surface area contributed by atoms with Crippen LogP contribution in [0.2, 0.25) is 5.02 Å². The molecule has 1 aromatic heterocycles.